The minimum absolute atomic E-state index is 0.125. The topological polar surface area (TPSA) is 87.0 Å². The van der Waals surface area contributed by atoms with Gasteiger partial charge in [-0.2, -0.15) is 0 Å². The number of aromatic hydroxyl groups is 1. The second kappa shape index (κ2) is 7.81. The van der Waals surface area contributed by atoms with Gasteiger partial charge >= 0.3 is 0 Å². The van der Waals surface area contributed by atoms with Crippen LogP contribution in [-0.2, 0) is 0 Å². The third-order valence-electron chi connectivity index (χ3n) is 4.04. The number of hydrogen-bond donors (Lipinski definition) is 2. The molecule has 1 heterocycles. The Labute approximate surface area is 174 Å². The Hall–Kier alpha value is -3.20. The van der Waals surface area contributed by atoms with Crippen LogP contribution in [0.1, 0.15) is 10.4 Å². The van der Waals surface area contributed by atoms with Crippen molar-refractivity contribution in [2.45, 2.75) is 0 Å². The summed E-state index contributed by atoms with van der Waals surface area (Å²) in [5.41, 5.74) is 1.34. The third-order valence-corrected chi connectivity index (χ3v) is 4.71. The van der Waals surface area contributed by atoms with Crippen molar-refractivity contribution in [1.29, 1.82) is 0 Å². The van der Waals surface area contributed by atoms with Crippen LogP contribution < -0.4 is 4.74 Å². The number of halogens is 1. The molecule has 0 aliphatic heterocycles. The lowest BCUT2D eigenvalue weighted by atomic mass is 10.2. The van der Waals surface area contributed by atoms with E-state index in [1.165, 1.54) is 0 Å². The van der Waals surface area contributed by atoms with Gasteiger partial charge in [0.25, 0.3) is 5.91 Å². The number of azo groups is 1. The number of ether oxygens (including phenoxy) is 1. The van der Waals surface area contributed by atoms with Gasteiger partial charge in [0.15, 0.2) is 5.69 Å². The van der Waals surface area contributed by atoms with Gasteiger partial charge in [-0.15, -0.1) is 10.2 Å². The molecular formula is C21H14IN3O3. The third kappa shape index (κ3) is 3.89. The Morgan fingerprint density at radius 3 is 2.43 bits per heavy atom. The largest absolute Gasteiger partial charge is 0.493 e. The number of carbonyl (C=O) groups excluding carboxylic acids is 1. The van der Waals surface area contributed by atoms with E-state index in [-0.39, 0.29) is 11.6 Å². The molecule has 138 valence electrons. The summed E-state index contributed by atoms with van der Waals surface area (Å²) in [5, 5.41) is 18.5. The number of para-hydroxylation sites is 1. The van der Waals surface area contributed by atoms with E-state index in [9.17, 15) is 9.90 Å². The van der Waals surface area contributed by atoms with E-state index in [0.717, 1.165) is 9.09 Å². The van der Waals surface area contributed by atoms with E-state index in [0.29, 0.717) is 22.4 Å². The summed E-state index contributed by atoms with van der Waals surface area (Å²) in [6.45, 7) is 0. The second-order valence-corrected chi connectivity index (χ2v) is 7.20. The van der Waals surface area contributed by atoms with Gasteiger partial charge in [-0.25, -0.2) is 0 Å². The molecule has 4 rings (SSSR count). The van der Waals surface area contributed by atoms with Crippen molar-refractivity contribution in [3.63, 3.8) is 0 Å². The van der Waals surface area contributed by atoms with Crippen LogP contribution >= 0.6 is 22.6 Å². The molecule has 0 radical (unpaired) electrons. The molecule has 0 aliphatic rings. The SMILES string of the molecule is O=C(N=Nc1c(O)[nH]c2ccc(I)cc12)c1ccc(Oc2ccccc2)cc1. The van der Waals surface area contributed by atoms with Crippen LogP contribution in [0.5, 0.6) is 17.4 Å². The monoisotopic (exact) mass is 483 g/mol. The van der Waals surface area contributed by atoms with Gasteiger partial charge in [0, 0.05) is 14.5 Å². The van der Waals surface area contributed by atoms with Crippen molar-refractivity contribution in [3.8, 4) is 17.4 Å². The molecule has 0 saturated heterocycles. The molecule has 0 aliphatic carbocycles. The highest BCUT2D eigenvalue weighted by Crippen LogP contribution is 2.36. The van der Waals surface area contributed by atoms with Crippen LogP contribution in [0.2, 0.25) is 0 Å². The maximum atomic E-state index is 12.3. The Kier molecular flexibility index (Phi) is 5.07. The minimum atomic E-state index is -0.509. The molecule has 0 fully saturated rings. The zero-order valence-electron chi connectivity index (χ0n) is 14.5. The highest BCUT2D eigenvalue weighted by Gasteiger charge is 2.12. The summed E-state index contributed by atoms with van der Waals surface area (Å²) in [6, 6.07) is 21.6. The van der Waals surface area contributed by atoms with E-state index in [2.05, 4.69) is 37.8 Å². The predicted octanol–water partition coefficient (Wildman–Crippen LogP) is 6.19. The Morgan fingerprint density at radius 2 is 1.68 bits per heavy atom. The smallest absolute Gasteiger partial charge is 0.295 e. The van der Waals surface area contributed by atoms with Crippen LogP contribution in [0.15, 0.2) is 83.0 Å². The molecular weight excluding hydrogens is 469 g/mol. The summed E-state index contributed by atoms with van der Waals surface area (Å²) in [4.78, 5) is 15.1. The van der Waals surface area contributed by atoms with Crippen LogP contribution in [0.4, 0.5) is 5.69 Å². The molecule has 1 aromatic heterocycles. The molecule has 2 N–H and O–H groups in total. The molecule has 0 saturated carbocycles. The fraction of sp³-hybridized carbons (Fsp3) is 0. The predicted molar refractivity (Wildman–Crippen MR) is 114 cm³/mol. The molecule has 3 aromatic carbocycles. The normalized spacial score (nSPS) is 11.2. The summed E-state index contributed by atoms with van der Waals surface area (Å²) in [6.07, 6.45) is 0. The van der Waals surface area contributed by atoms with Gasteiger partial charge < -0.3 is 14.8 Å². The van der Waals surface area contributed by atoms with Crippen LogP contribution in [0.25, 0.3) is 10.9 Å². The van der Waals surface area contributed by atoms with Crippen molar-refractivity contribution in [2.24, 2.45) is 10.2 Å². The molecule has 4 aromatic rings. The number of H-pyrrole nitrogens is 1. The van der Waals surface area contributed by atoms with E-state index < -0.39 is 5.91 Å². The van der Waals surface area contributed by atoms with Gasteiger partial charge in [-0.1, -0.05) is 18.2 Å². The van der Waals surface area contributed by atoms with Crippen LogP contribution in [0.3, 0.4) is 0 Å². The summed E-state index contributed by atoms with van der Waals surface area (Å²) < 4.78 is 6.69. The maximum Gasteiger partial charge on any atom is 0.295 e. The number of aromatic amines is 1. The minimum Gasteiger partial charge on any atom is -0.493 e. The van der Waals surface area contributed by atoms with Gasteiger partial charge in [-0.05, 0) is 77.2 Å². The number of amides is 1. The molecule has 6 nitrogen and oxygen atoms in total. The number of nitrogens with one attached hydrogen (secondary N) is 1. The maximum absolute atomic E-state index is 12.3. The molecule has 0 unspecified atom stereocenters. The highest BCUT2D eigenvalue weighted by molar-refractivity contribution is 14.1. The first kappa shape index (κ1) is 18.2. The fourth-order valence-corrected chi connectivity index (χ4v) is 3.17. The molecule has 0 atom stereocenters. The first-order chi connectivity index (χ1) is 13.6. The number of fused-ring (bicyclic) bond motifs is 1. The first-order valence-corrected chi connectivity index (χ1v) is 9.47. The van der Waals surface area contributed by atoms with Gasteiger partial charge in [-0.3, -0.25) is 4.79 Å². The van der Waals surface area contributed by atoms with Crippen molar-refractivity contribution < 1.29 is 14.6 Å². The van der Waals surface area contributed by atoms with Gasteiger partial charge in [0.1, 0.15) is 11.5 Å². The summed E-state index contributed by atoms with van der Waals surface area (Å²) in [5.74, 6) is 0.694. The molecule has 28 heavy (non-hydrogen) atoms. The lowest BCUT2D eigenvalue weighted by molar-refractivity contribution is 0.0995. The molecule has 0 spiro atoms. The summed E-state index contributed by atoms with van der Waals surface area (Å²) >= 11 is 2.17. The zero-order valence-corrected chi connectivity index (χ0v) is 16.6. The standard InChI is InChI=1S/C21H14IN3O3/c22-14-8-11-18-17(12-14)19(21(27)23-18)24-25-20(26)13-6-9-16(10-7-13)28-15-4-2-1-3-5-15/h1-12,23,27H. The van der Waals surface area contributed by atoms with Crippen LogP contribution in [0, 0.1) is 3.57 Å². The molecule has 1 amide bonds. The van der Waals surface area contributed by atoms with E-state index >= 15 is 0 Å². The van der Waals surface area contributed by atoms with E-state index in [1.807, 2.05) is 48.5 Å². The van der Waals surface area contributed by atoms with Gasteiger partial charge in [0.2, 0.25) is 5.88 Å². The zero-order chi connectivity index (χ0) is 19.5. The summed E-state index contributed by atoms with van der Waals surface area (Å²) in [7, 11) is 0. The molecule has 7 heteroatoms. The lowest BCUT2D eigenvalue weighted by Gasteiger charge is -2.05. The van der Waals surface area contributed by atoms with Crippen molar-refractivity contribution in [1.82, 2.24) is 4.98 Å². The van der Waals surface area contributed by atoms with Crippen molar-refractivity contribution in [3.05, 3.63) is 81.9 Å². The number of carbonyl (C=O) groups is 1. The number of aromatic nitrogens is 1. The Bertz CT molecular complexity index is 1170. The quantitative estimate of drug-likeness (QED) is 0.268. The highest BCUT2D eigenvalue weighted by atomic mass is 127. The average molecular weight is 483 g/mol. The van der Waals surface area contributed by atoms with Crippen molar-refractivity contribution in [2.75, 3.05) is 0 Å². The number of hydrogen-bond acceptors (Lipinski definition) is 4. The molecule has 0 bridgehead atoms. The lowest BCUT2D eigenvalue weighted by Crippen LogP contribution is -1.93. The second-order valence-electron chi connectivity index (χ2n) is 5.96. The first-order valence-electron chi connectivity index (χ1n) is 8.39. The van der Waals surface area contributed by atoms with E-state index in [4.69, 9.17) is 4.74 Å². The van der Waals surface area contributed by atoms with Gasteiger partial charge in [0.05, 0.1) is 5.52 Å². The number of nitrogens with zero attached hydrogens (tertiary/aromatic N) is 2. The number of benzene rings is 3. The van der Waals surface area contributed by atoms with E-state index in [1.54, 1.807) is 24.3 Å². The van der Waals surface area contributed by atoms with Crippen LogP contribution in [-0.4, -0.2) is 16.0 Å². The van der Waals surface area contributed by atoms with Crippen molar-refractivity contribution >= 4 is 45.1 Å². The Morgan fingerprint density at radius 1 is 0.964 bits per heavy atom. The Balaban J connectivity index is 1.52. The fourth-order valence-electron chi connectivity index (χ4n) is 2.68. The average Bonchev–Trinajstić information content (AvgIpc) is 3.02. The number of rotatable bonds is 4.